The first kappa shape index (κ1) is 20.1. The Bertz CT molecular complexity index is 780. The van der Waals surface area contributed by atoms with E-state index in [1.165, 1.54) is 4.31 Å². The summed E-state index contributed by atoms with van der Waals surface area (Å²) in [5.74, 6) is 0.375. The zero-order valence-corrected chi connectivity index (χ0v) is 17.4. The predicted octanol–water partition coefficient (Wildman–Crippen LogP) is 2.85. The zero-order chi connectivity index (χ0) is 19.6. The lowest BCUT2D eigenvalue weighted by Gasteiger charge is -2.24. The van der Waals surface area contributed by atoms with E-state index in [4.69, 9.17) is 0 Å². The van der Waals surface area contributed by atoms with Crippen molar-refractivity contribution in [2.75, 3.05) is 31.1 Å². The lowest BCUT2D eigenvalue weighted by atomic mass is 10.1. The Kier molecular flexibility index (Phi) is 6.11. The molecule has 150 valence electrons. The highest BCUT2D eigenvalue weighted by atomic mass is 32.2. The van der Waals surface area contributed by atoms with Crippen LogP contribution in [0, 0.1) is 5.92 Å². The van der Waals surface area contributed by atoms with Gasteiger partial charge in [-0.3, -0.25) is 4.79 Å². The van der Waals surface area contributed by atoms with Gasteiger partial charge in [0.25, 0.3) is 5.91 Å². The minimum Gasteiger partial charge on any atom is -0.371 e. The fourth-order valence-electron chi connectivity index (χ4n) is 3.80. The van der Waals surface area contributed by atoms with Gasteiger partial charge in [-0.2, -0.15) is 4.31 Å². The fourth-order valence-corrected chi connectivity index (χ4v) is 5.29. The highest BCUT2D eigenvalue weighted by Gasteiger charge is 2.31. The molecule has 0 bridgehead atoms. The Balaban J connectivity index is 1.96. The number of amides is 1. The monoisotopic (exact) mass is 393 g/mol. The van der Waals surface area contributed by atoms with Gasteiger partial charge >= 0.3 is 0 Å². The average molecular weight is 394 g/mol. The van der Waals surface area contributed by atoms with Crippen molar-refractivity contribution in [1.82, 2.24) is 9.62 Å². The van der Waals surface area contributed by atoms with Gasteiger partial charge in [0.2, 0.25) is 10.0 Å². The van der Waals surface area contributed by atoms with Gasteiger partial charge in [0.05, 0.1) is 10.5 Å². The molecule has 2 fully saturated rings. The summed E-state index contributed by atoms with van der Waals surface area (Å²) in [4.78, 5) is 15.4. The molecule has 7 heteroatoms. The smallest absolute Gasteiger partial charge is 0.253 e. The molecule has 1 saturated carbocycles. The summed E-state index contributed by atoms with van der Waals surface area (Å²) in [5, 5.41) is 3.08. The molecule has 1 heterocycles. The number of anilines is 1. The zero-order valence-electron chi connectivity index (χ0n) is 16.6. The Morgan fingerprint density at radius 3 is 2.41 bits per heavy atom. The first-order valence-corrected chi connectivity index (χ1v) is 11.5. The molecule has 27 heavy (non-hydrogen) atoms. The Morgan fingerprint density at radius 2 is 1.85 bits per heavy atom. The predicted molar refractivity (Wildman–Crippen MR) is 108 cm³/mol. The minimum atomic E-state index is -3.60. The number of hydrogen-bond acceptors (Lipinski definition) is 4. The normalized spacial score (nSPS) is 18.7. The molecule has 6 nitrogen and oxygen atoms in total. The lowest BCUT2D eigenvalue weighted by molar-refractivity contribution is 0.0936. The molecule has 1 aromatic carbocycles. The second-order valence-corrected chi connectivity index (χ2v) is 9.50. The number of benzene rings is 1. The number of sulfonamides is 1. The maximum Gasteiger partial charge on any atom is 0.253 e. The van der Waals surface area contributed by atoms with Crippen molar-refractivity contribution in [2.24, 2.45) is 5.92 Å². The summed E-state index contributed by atoms with van der Waals surface area (Å²) in [6.45, 7) is 8.30. The number of carbonyl (C=O) groups excluding carboxylic acids is 1. The molecule has 1 saturated heterocycles. The molecule has 1 atom stereocenters. The van der Waals surface area contributed by atoms with Gasteiger partial charge in [-0.1, -0.05) is 13.8 Å². The van der Waals surface area contributed by atoms with Crippen LogP contribution >= 0.6 is 0 Å². The van der Waals surface area contributed by atoms with E-state index in [1.54, 1.807) is 18.2 Å². The Labute approximate surface area is 163 Å². The molecule has 0 radical (unpaired) electrons. The van der Waals surface area contributed by atoms with Crippen molar-refractivity contribution >= 4 is 21.6 Å². The fraction of sp³-hybridized carbons (Fsp3) is 0.650. The van der Waals surface area contributed by atoms with Crippen molar-refractivity contribution in [3.63, 3.8) is 0 Å². The minimum absolute atomic E-state index is 0.118. The Hall–Kier alpha value is -1.60. The summed E-state index contributed by atoms with van der Waals surface area (Å²) in [6.07, 6.45) is 4.49. The topological polar surface area (TPSA) is 69.7 Å². The van der Waals surface area contributed by atoms with Crippen LogP contribution in [0.4, 0.5) is 5.69 Å². The molecule has 2 aliphatic rings. The average Bonchev–Trinajstić information content (AvgIpc) is 3.37. The van der Waals surface area contributed by atoms with Crippen LogP contribution in [0.2, 0.25) is 0 Å². The third-order valence-electron chi connectivity index (χ3n) is 5.69. The summed E-state index contributed by atoms with van der Waals surface area (Å²) in [5.41, 5.74) is 1.31. The first-order chi connectivity index (χ1) is 12.9. The molecule has 0 spiro atoms. The summed E-state index contributed by atoms with van der Waals surface area (Å²) < 4.78 is 27.3. The maximum absolute atomic E-state index is 13.0. The van der Waals surface area contributed by atoms with Crippen LogP contribution in [0.1, 0.15) is 56.8 Å². The van der Waals surface area contributed by atoms with Crippen molar-refractivity contribution in [1.29, 1.82) is 0 Å². The van der Waals surface area contributed by atoms with E-state index >= 15 is 0 Å². The van der Waals surface area contributed by atoms with Gasteiger partial charge < -0.3 is 10.2 Å². The van der Waals surface area contributed by atoms with Crippen molar-refractivity contribution in [3.8, 4) is 0 Å². The van der Waals surface area contributed by atoms with Crippen LogP contribution in [-0.2, 0) is 10.0 Å². The maximum atomic E-state index is 13.0. The molecule has 1 aromatic rings. The van der Waals surface area contributed by atoms with Crippen molar-refractivity contribution in [2.45, 2.75) is 57.4 Å². The van der Waals surface area contributed by atoms with E-state index in [0.717, 1.165) is 44.5 Å². The van der Waals surface area contributed by atoms with E-state index in [9.17, 15) is 13.2 Å². The first-order valence-electron chi connectivity index (χ1n) is 10.1. The molecule has 1 aliphatic carbocycles. The molecular weight excluding hydrogens is 362 g/mol. The second kappa shape index (κ2) is 8.19. The highest BCUT2D eigenvalue weighted by Crippen LogP contribution is 2.33. The van der Waals surface area contributed by atoms with E-state index in [-0.39, 0.29) is 16.8 Å². The molecule has 1 aliphatic heterocycles. The molecule has 3 rings (SSSR count). The SMILES string of the molecule is CCN(CC)S(=O)(=O)c1ccc(N2CCCC2)c(C(=O)N[C@H](C)C2CC2)c1. The second-order valence-electron chi connectivity index (χ2n) is 7.56. The molecule has 1 N–H and O–H groups in total. The van der Waals surface area contributed by atoms with E-state index < -0.39 is 10.0 Å². The van der Waals surface area contributed by atoms with Crippen LogP contribution < -0.4 is 10.2 Å². The summed E-state index contributed by atoms with van der Waals surface area (Å²) in [6, 6.07) is 5.13. The third-order valence-corrected chi connectivity index (χ3v) is 7.74. The van der Waals surface area contributed by atoms with Gasteiger partial charge in [-0.15, -0.1) is 0 Å². The quantitative estimate of drug-likeness (QED) is 0.737. The molecule has 0 aromatic heterocycles. The summed E-state index contributed by atoms with van der Waals surface area (Å²) >= 11 is 0. The molecule has 0 unspecified atom stereocenters. The number of rotatable bonds is 8. The van der Waals surface area contributed by atoms with E-state index in [1.807, 2.05) is 20.8 Å². The largest absolute Gasteiger partial charge is 0.371 e. The number of carbonyl (C=O) groups is 1. The van der Waals surface area contributed by atoms with Gasteiger partial charge in [0, 0.05) is 37.9 Å². The van der Waals surface area contributed by atoms with Crippen LogP contribution in [-0.4, -0.2) is 50.9 Å². The summed E-state index contributed by atoms with van der Waals surface area (Å²) in [7, 11) is -3.60. The number of hydrogen-bond donors (Lipinski definition) is 1. The van der Waals surface area contributed by atoms with Crippen LogP contribution in [0.3, 0.4) is 0 Å². The molecule has 1 amide bonds. The van der Waals surface area contributed by atoms with Gasteiger partial charge in [-0.05, 0) is 56.7 Å². The highest BCUT2D eigenvalue weighted by molar-refractivity contribution is 7.89. The van der Waals surface area contributed by atoms with Gasteiger partial charge in [0.1, 0.15) is 0 Å². The van der Waals surface area contributed by atoms with Crippen molar-refractivity contribution in [3.05, 3.63) is 23.8 Å². The lowest BCUT2D eigenvalue weighted by Crippen LogP contribution is -2.36. The standard InChI is InChI=1S/C20H31N3O3S/c1-4-23(5-2)27(25,26)17-10-11-19(22-12-6-7-13-22)18(14-17)20(24)21-15(3)16-8-9-16/h10-11,14-16H,4-9,12-13H2,1-3H3,(H,21,24)/t15-/m1/s1. The van der Waals surface area contributed by atoms with E-state index in [2.05, 4.69) is 10.2 Å². The van der Waals surface area contributed by atoms with Gasteiger partial charge in [-0.25, -0.2) is 8.42 Å². The molecular formula is C20H31N3O3S. The Morgan fingerprint density at radius 1 is 1.22 bits per heavy atom. The van der Waals surface area contributed by atoms with Crippen molar-refractivity contribution < 1.29 is 13.2 Å². The van der Waals surface area contributed by atoms with Crippen LogP contribution in [0.15, 0.2) is 23.1 Å². The van der Waals surface area contributed by atoms with Crippen LogP contribution in [0.5, 0.6) is 0 Å². The third kappa shape index (κ3) is 4.29. The number of nitrogens with zero attached hydrogens (tertiary/aromatic N) is 2. The van der Waals surface area contributed by atoms with Gasteiger partial charge in [0.15, 0.2) is 0 Å². The number of nitrogens with one attached hydrogen (secondary N) is 1. The van der Waals surface area contributed by atoms with E-state index in [0.29, 0.717) is 24.6 Å². The van der Waals surface area contributed by atoms with Crippen LogP contribution in [0.25, 0.3) is 0 Å².